The fraction of sp³-hybridized carbons (Fsp3) is 0.304. The predicted octanol–water partition coefficient (Wildman–Crippen LogP) is 4.79. The van der Waals surface area contributed by atoms with Crippen molar-refractivity contribution in [1.82, 2.24) is 4.57 Å². The Morgan fingerprint density at radius 3 is 2.32 bits per heavy atom. The van der Waals surface area contributed by atoms with Gasteiger partial charge in [0, 0.05) is 18.0 Å². The highest BCUT2D eigenvalue weighted by Gasteiger charge is 2.27. The fourth-order valence-corrected chi connectivity index (χ4v) is 3.77. The third-order valence-electron chi connectivity index (χ3n) is 4.70. The molecule has 0 N–H and O–H groups in total. The Kier molecular flexibility index (Phi) is 5.50. The van der Waals surface area contributed by atoms with E-state index in [-0.39, 0.29) is 5.56 Å². The molecule has 4 nitrogen and oxygen atoms in total. The van der Waals surface area contributed by atoms with Crippen molar-refractivity contribution in [3.05, 3.63) is 70.0 Å². The average molecular weight is 395 g/mol. The Bertz CT molecular complexity index is 1110. The number of benzene rings is 2. The second-order valence-corrected chi connectivity index (χ2v) is 9.98. The average Bonchev–Trinajstić information content (AvgIpc) is 2.64. The molecule has 0 saturated heterocycles. The van der Waals surface area contributed by atoms with Crippen LogP contribution >= 0.6 is 0 Å². The number of rotatable bonds is 3. The van der Waals surface area contributed by atoms with Gasteiger partial charge in [0.15, 0.2) is 0 Å². The lowest BCUT2D eigenvalue weighted by Crippen LogP contribution is -2.27. The van der Waals surface area contributed by atoms with Crippen molar-refractivity contribution in [1.29, 1.82) is 0 Å². The van der Waals surface area contributed by atoms with E-state index in [1.165, 1.54) is 0 Å². The molecule has 2 aromatic carbocycles. The SMILES string of the molecule is C/C(=N/[S@+]([O-])C(C)(C)C)c1cc(C)cc2c(=O)n(C)c(-c3ccccc3)cc12. The van der Waals surface area contributed by atoms with Crippen molar-refractivity contribution < 1.29 is 4.55 Å². The quantitative estimate of drug-likeness (QED) is 0.474. The zero-order chi connectivity index (χ0) is 20.6. The van der Waals surface area contributed by atoms with Crippen molar-refractivity contribution in [3.63, 3.8) is 0 Å². The van der Waals surface area contributed by atoms with Gasteiger partial charge >= 0.3 is 0 Å². The van der Waals surface area contributed by atoms with E-state index in [1.54, 1.807) is 11.6 Å². The van der Waals surface area contributed by atoms with Gasteiger partial charge in [-0.25, -0.2) is 0 Å². The maximum Gasteiger partial charge on any atom is 0.258 e. The Morgan fingerprint density at radius 2 is 1.71 bits per heavy atom. The van der Waals surface area contributed by atoms with Crippen LogP contribution in [0.1, 0.15) is 38.8 Å². The molecule has 0 unspecified atom stereocenters. The molecule has 0 aliphatic heterocycles. The van der Waals surface area contributed by atoms with Crippen molar-refractivity contribution in [2.45, 2.75) is 39.4 Å². The van der Waals surface area contributed by atoms with Gasteiger partial charge < -0.3 is 9.12 Å². The van der Waals surface area contributed by atoms with Crippen LogP contribution in [0.25, 0.3) is 22.0 Å². The van der Waals surface area contributed by atoms with E-state index in [1.807, 2.05) is 83.1 Å². The summed E-state index contributed by atoms with van der Waals surface area (Å²) in [6, 6.07) is 15.8. The second-order valence-electron chi connectivity index (χ2n) is 8.07. The van der Waals surface area contributed by atoms with Gasteiger partial charge in [-0.3, -0.25) is 4.79 Å². The van der Waals surface area contributed by atoms with Gasteiger partial charge in [0.2, 0.25) is 0 Å². The summed E-state index contributed by atoms with van der Waals surface area (Å²) in [5.74, 6) is 0. The first kappa shape index (κ1) is 20.4. The molecule has 3 rings (SSSR count). The van der Waals surface area contributed by atoms with Crippen LogP contribution < -0.4 is 5.56 Å². The minimum Gasteiger partial charge on any atom is -0.591 e. The number of nitrogens with zero attached hydrogens (tertiary/aromatic N) is 2. The van der Waals surface area contributed by atoms with Crippen LogP contribution in [0, 0.1) is 6.92 Å². The molecule has 0 aliphatic rings. The monoisotopic (exact) mass is 394 g/mol. The van der Waals surface area contributed by atoms with Crippen LogP contribution in [0.3, 0.4) is 0 Å². The molecule has 0 saturated carbocycles. The minimum atomic E-state index is -1.36. The zero-order valence-electron chi connectivity index (χ0n) is 17.2. The van der Waals surface area contributed by atoms with Crippen LogP contribution in [-0.2, 0) is 18.4 Å². The second kappa shape index (κ2) is 7.57. The van der Waals surface area contributed by atoms with E-state index in [2.05, 4.69) is 4.40 Å². The molecule has 1 atom stereocenters. The van der Waals surface area contributed by atoms with Crippen molar-refractivity contribution in [2.75, 3.05) is 0 Å². The van der Waals surface area contributed by atoms with Crippen LogP contribution in [0.4, 0.5) is 0 Å². The van der Waals surface area contributed by atoms with Crippen molar-refractivity contribution in [3.8, 4) is 11.3 Å². The molecule has 146 valence electrons. The molecule has 0 aliphatic carbocycles. The summed E-state index contributed by atoms with van der Waals surface area (Å²) in [6.45, 7) is 9.52. The van der Waals surface area contributed by atoms with Crippen molar-refractivity contribution >= 4 is 27.8 Å². The van der Waals surface area contributed by atoms with E-state index in [4.69, 9.17) is 0 Å². The predicted molar refractivity (Wildman–Crippen MR) is 119 cm³/mol. The first-order chi connectivity index (χ1) is 13.1. The molecule has 5 heteroatoms. The molecule has 0 fully saturated rings. The molecule has 1 aromatic heterocycles. The summed E-state index contributed by atoms with van der Waals surface area (Å²) in [6.07, 6.45) is 0. The Hall–Kier alpha value is -2.37. The van der Waals surface area contributed by atoms with E-state index in [0.717, 1.165) is 27.8 Å². The number of aromatic nitrogens is 1. The van der Waals surface area contributed by atoms with Crippen LogP contribution in [0.5, 0.6) is 0 Å². The number of pyridine rings is 1. The molecular formula is C23H26N2O2S. The van der Waals surface area contributed by atoms with Gasteiger partial charge in [-0.05, 0) is 69.3 Å². The summed E-state index contributed by atoms with van der Waals surface area (Å²) < 4.78 is 18.2. The first-order valence-electron chi connectivity index (χ1n) is 9.27. The van der Waals surface area contributed by atoms with Gasteiger partial charge in [-0.15, -0.1) is 0 Å². The van der Waals surface area contributed by atoms with E-state index < -0.39 is 16.1 Å². The van der Waals surface area contributed by atoms with Gasteiger partial charge in [0.1, 0.15) is 16.1 Å². The number of fused-ring (bicyclic) bond motifs is 1. The topological polar surface area (TPSA) is 57.4 Å². The zero-order valence-corrected chi connectivity index (χ0v) is 18.1. The highest BCUT2D eigenvalue weighted by atomic mass is 32.2. The Labute approximate surface area is 169 Å². The smallest absolute Gasteiger partial charge is 0.258 e. The summed E-state index contributed by atoms with van der Waals surface area (Å²) >= 11 is -1.36. The van der Waals surface area contributed by atoms with Crippen LogP contribution in [-0.4, -0.2) is 19.6 Å². The first-order valence-corrected chi connectivity index (χ1v) is 10.4. The maximum absolute atomic E-state index is 13.1. The number of hydrogen-bond donors (Lipinski definition) is 0. The number of hydrogen-bond acceptors (Lipinski definition) is 3. The summed E-state index contributed by atoms with van der Waals surface area (Å²) in [4.78, 5) is 13.1. The molecule has 0 amide bonds. The maximum atomic E-state index is 13.1. The lowest BCUT2D eigenvalue weighted by molar-refractivity contribution is 0.561. The summed E-state index contributed by atoms with van der Waals surface area (Å²) in [5.41, 5.74) is 4.27. The largest absolute Gasteiger partial charge is 0.591 e. The molecule has 0 bridgehead atoms. The fourth-order valence-electron chi connectivity index (χ4n) is 3.15. The van der Waals surface area contributed by atoms with Gasteiger partial charge in [0.05, 0.1) is 11.4 Å². The van der Waals surface area contributed by atoms with Crippen LogP contribution in [0.2, 0.25) is 0 Å². The molecular weight excluding hydrogens is 368 g/mol. The Morgan fingerprint density at radius 1 is 1.07 bits per heavy atom. The van der Waals surface area contributed by atoms with Gasteiger partial charge in [0.25, 0.3) is 5.56 Å². The third kappa shape index (κ3) is 3.91. The normalized spacial score (nSPS) is 13.8. The van der Waals surface area contributed by atoms with E-state index >= 15 is 0 Å². The standard InChI is InChI=1S/C23H26N2O2S/c1-15-12-18(16(2)24-28(27)23(3,4)5)19-14-21(17-10-8-7-9-11-17)25(6)22(26)20(19)13-15/h7-14H,1-6H3/b24-16-/t28-/m1/s1. The molecule has 0 radical (unpaired) electrons. The highest BCUT2D eigenvalue weighted by Crippen LogP contribution is 2.27. The highest BCUT2D eigenvalue weighted by molar-refractivity contribution is 7.91. The van der Waals surface area contributed by atoms with Gasteiger partial charge in [-0.1, -0.05) is 34.7 Å². The van der Waals surface area contributed by atoms with Crippen LogP contribution in [0.15, 0.2) is 57.7 Å². The van der Waals surface area contributed by atoms with Gasteiger partial charge in [-0.2, -0.15) is 0 Å². The van der Waals surface area contributed by atoms with E-state index in [0.29, 0.717) is 11.1 Å². The lowest BCUT2D eigenvalue weighted by atomic mass is 9.97. The summed E-state index contributed by atoms with van der Waals surface area (Å²) in [5, 5.41) is 1.48. The third-order valence-corrected chi connectivity index (χ3v) is 6.19. The minimum absolute atomic E-state index is 0.0500. The molecule has 1 heterocycles. The number of aryl methyl sites for hydroxylation is 1. The molecule has 3 aromatic rings. The molecule has 0 spiro atoms. The Balaban J connectivity index is 2.31. The van der Waals surface area contributed by atoms with E-state index in [9.17, 15) is 9.35 Å². The lowest BCUT2D eigenvalue weighted by Gasteiger charge is -2.19. The van der Waals surface area contributed by atoms with Crippen molar-refractivity contribution in [2.24, 2.45) is 11.4 Å². The summed E-state index contributed by atoms with van der Waals surface area (Å²) in [7, 11) is 1.79. The molecule has 28 heavy (non-hydrogen) atoms.